The number of halogens is 1. The Bertz CT molecular complexity index is 439. The molecule has 1 heterocycles. The molecule has 1 aromatic rings. The van der Waals surface area contributed by atoms with Gasteiger partial charge in [-0.25, -0.2) is 0 Å². The first-order valence-corrected chi connectivity index (χ1v) is 7.51. The second-order valence-corrected chi connectivity index (χ2v) is 5.46. The van der Waals surface area contributed by atoms with Crippen LogP contribution < -0.4 is 5.32 Å². The summed E-state index contributed by atoms with van der Waals surface area (Å²) >= 11 is 0. The second kappa shape index (κ2) is 10.0. The van der Waals surface area contributed by atoms with Crippen LogP contribution in [0.2, 0.25) is 0 Å². The van der Waals surface area contributed by atoms with Crippen molar-refractivity contribution >= 4 is 29.9 Å². The normalized spacial score (nSPS) is 11.5. The molecule has 122 valence electrons. The van der Waals surface area contributed by atoms with Gasteiger partial charge in [0.05, 0.1) is 5.69 Å². The van der Waals surface area contributed by atoms with E-state index in [2.05, 4.69) is 61.2 Å². The van der Waals surface area contributed by atoms with Crippen molar-refractivity contribution in [3.05, 3.63) is 17.5 Å². The smallest absolute Gasteiger partial charge is 0.193 e. The maximum Gasteiger partial charge on any atom is 0.193 e. The van der Waals surface area contributed by atoms with Gasteiger partial charge in [-0.2, -0.15) is 5.10 Å². The molecular formula is C15H30IN5. The van der Waals surface area contributed by atoms with E-state index in [9.17, 15) is 0 Å². The minimum atomic E-state index is 0. The van der Waals surface area contributed by atoms with E-state index in [0.29, 0.717) is 5.92 Å². The van der Waals surface area contributed by atoms with Crippen molar-refractivity contribution in [2.45, 2.75) is 46.6 Å². The second-order valence-electron chi connectivity index (χ2n) is 5.46. The van der Waals surface area contributed by atoms with Crippen LogP contribution in [-0.2, 0) is 13.6 Å². The van der Waals surface area contributed by atoms with Gasteiger partial charge >= 0.3 is 0 Å². The van der Waals surface area contributed by atoms with Crippen molar-refractivity contribution in [3.8, 4) is 0 Å². The molecule has 0 amide bonds. The number of aromatic nitrogens is 2. The van der Waals surface area contributed by atoms with E-state index in [1.165, 1.54) is 11.3 Å². The summed E-state index contributed by atoms with van der Waals surface area (Å²) in [5, 5.41) is 7.90. The van der Waals surface area contributed by atoms with Gasteiger partial charge in [0.1, 0.15) is 0 Å². The van der Waals surface area contributed by atoms with Crippen molar-refractivity contribution in [2.24, 2.45) is 12.0 Å². The van der Waals surface area contributed by atoms with Crippen LogP contribution >= 0.6 is 24.0 Å². The van der Waals surface area contributed by atoms with Crippen LogP contribution in [0.3, 0.4) is 0 Å². The van der Waals surface area contributed by atoms with E-state index in [-0.39, 0.29) is 24.0 Å². The Morgan fingerprint density at radius 2 is 2.10 bits per heavy atom. The van der Waals surface area contributed by atoms with Crippen LogP contribution in [0.5, 0.6) is 0 Å². The molecule has 6 heteroatoms. The lowest BCUT2D eigenvalue weighted by atomic mass is 10.1. The van der Waals surface area contributed by atoms with E-state index in [0.717, 1.165) is 32.0 Å². The fraction of sp³-hybridized carbons (Fsp3) is 0.733. The van der Waals surface area contributed by atoms with Gasteiger partial charge in [0.25, 0.3) is 0 Å². The number of aryl methyl sites for hydroxylation is 1. The first kappa shape index (κ1) is 20.2. The number of hydrogen-bond donors (Lipinski definition) is 1. The van der Waals surface area contributed by atoms with E-state index in [1.807, 2.05) is 11.7 Å². The lowest BCUT2D eigenvalue weighted by Crippen LogP contribution is -2.38. The summed E-state index contributed by atoms with van der Waals surface area (Å²) in [5.41, 5.74) is 2.44. The van der Waals surface area contributed by atoms with Gasteiger partial charge < -0.3 is 10.2 Å². The molecule has 5 nitrogen and oxygen atoms in total. The van der Waals surface area contributed by atoms with Gasteiger partial charge in [0.15, 0.2) is 5.96 Å². The van der Waals surface area contributed by atoms with Gasteiger partial charge in [0, 0.05) is 45.5 Å². The first-order valence-electron chi connectivity index (χ1n) is 7.51. The largest absolute Gasteiger partial charge is 0.357 e. The maximum atomic E-state index is 4.61. The highest BCUT2D eigenvalue weighted by Gasteiger charge is 2.14. The van der Waals surface area contributed by atoms with Crippen molar-refractivity contribution in [1.82, 2.24) is 20.0 Å². The lowest BCUT2D eigenvalue weighted by molar-refractivity contribution is 0.473. The molecule has 0 saturated carbocycles. The monoisotopic (exact) mass is 407 g/mol. The van der Waals surface area contributed by atoms with Crippen LogP contribution in [0, 0.1) is 0 Å². The van der Waals surface area contributed by atoms with Crippen molar-refractivity contribution in [1.29, 1.82) is 0 Å². The van der Waals surface area contributed by atoms with E-state index >= 15 is 0 Å². The van der Waals surface area contributed by atoms with Gasteiger partial charge in [0.2, 0.25) is 0 Å². The Morgan fingerprint density at radius 3 is 2.62 bits per heavy atom. The Kier molecular flexibility index (Phi) is 9.65. The standard InChI is InChI=1S/C15H29N5.HI/c1-7-9-17-15(16-8-2)19(5)10-13-11-20(6)18-14(13)12(3)4;/h11-12H,7-10H2,1-6H3,(H,16,17);1H. The fourth-order valence-corrected chi connectivity index (χ4v) is 2.18. The zero-order chi connectivity index (χ0) is 15.1. The van der Waals surface area contributed by atoms with Crippen molar-refractivity contribution < 1.29 is 0 Å². The van der Waals surface area contributed by atoms with Crippen LogP contribution in [-0.4, -0.2) is 40.8 Å². The van der Waals surface area contributed by atoms with Crippen LogP contribution in [0.1, 0.15) is 51.3 Å². The topological polar surface area (TPSA) is 45.5 Å². The minimum absolute atomic E-state index is 0. The molecule has 0 bridgehead atoms. The van der Waals surface area contributed by atoms with Crippen molar-refractivity contribution in [2.75, 3.05) is 20.1 Å². The molecule has 1 rings (SSSR count). The zero-order valence-corrected chi connectivity index (χ0v) is 16.5. The molecule has 0 aliphatic heterocycles. The zero-order valence-electron chi connectivity index (χ0n) is 14.2. The van der Waals surface area contributed by atoms with Gasteiger partial charge in [-0.05, 0) is 19.3 Å². The number of rotatable bonds is 6. The summed E-state index contributed by atoms with van der Waals surface area (Å²) in [7, 11) is 4.06. The Balaban J connectivity index is 0.00000400. The summed E-state index contributed by atoms with van der Waals surface area (Å²) in [6, 6.07) is 0. The third-order valence-corrected chi connectivity index (χ3v) is 3.07. The molecule has 0 fully saturated rings. The Labute approximate surface area is 146 Å². The molecule has 1 N–H and O–H groups in total. The minimum Gasteiger partial charge on any atom is -0.357 e. The first-order chi connectivity index (χ1) is 9.49. The Morgan fingerprint density at radius 1 is 1.43 bits per heavy atom. The average Bonchev–Trinajstić information content (AvgIpc) is 2.75. The molecule has 0 atom stereocenters. The van der Waals surface area contributed by atoms with Gasteiger partial charge in [-0.3, -0.25) is 9.67 Å². The molecule has 0 aromatic carbocycles. The molecule has 0 aliphatic rings. The highest BCUT2D eigenvalue weighted by Crippen LogP contribution is 2.18. The molecule has 1 aromatic heterocycles. The van der Waals surface area contributed by atoms with E-state index in [4.69, 9.17) is 0 Å². The lowest BCUT2D eigenvalue weighted by Gasteiger charge is -2.22. The number of hydrogen-bond acceptors (Lipinski definition) is 2. The molecular weight excluding hydrogens is 377 g/mol. The number of guanidine groups is 1. The van der Waals surface area contributed by atoms with Gasteiger partial charge in [-0.15, -0.1) is 24.0 Å². The van der Waals surface area contributed by atoms with E-state index < -0.39 is 0 Å². The summed E-state index contributed by atoms with van der Waals surface area (Å²) < 4.78 is 1.90. The third kappa shape index (κ3) is 6.23. The highest BCUT2D eigenvalue weighted by atomic mass is 127. The maximum absolute atomic E-state index is 4.61. The SMILES string of the molecule is CCCN=C(NCC)N(C)Cc1cn(C)nc1C(C)C.I. The molecule has 0 aliphatic carbocycles. The Hall–Kier alpha value is -0.790. The summed E-state index contributed by atoms with van der Waals surface area (Å²) in [5.74, 6) is 1.41. The molecule has 0 saturated heterocycles. The molecule has 0 unspecified atom stereocenters. The van der Waals surface area contributed by atoms with Crippen LogP contribution in [0.4, 0.5) is 0 Å². The van der Waals surface area contributed by atoms with E-state index in [1.54, 1.807) is 0 Å². The predicted molar refractivity (Wildman–Crippen MR) is 100 cm³/mol. The quantitative estimate of drug-likeness (QED) is 0.448. The van der Waals surface area contributed by atoms with Gasteiger partial charge in [-0.1, -0.05) is 20.8 Å². The molecule has 0 radical (unpaired) electrons. The molecule has 21 heavy (non-hydrogen) atoms. The fourth-order valence-electron chi connectivity index (χ4n) is 2.18. The summed E-state index contributed by atoms with van der Waals surface area (Å²) in [6.07, 6.45) is 3.17. The number of nitrogens with one attached hydrogen (secondary N) is 1. The average molecular weight is 407 g/mol. The third-order valence-electron chi connectivity index (χ3n) is 3.07. The number of aliphatic imine (C=N–C) groups is 1. The summed E-state index contributed by atoms with van der Waals surface area (Å²) in [6.45, 7) is 11.2. The van der Waals surface area contributed by atoms with Crippen molar-refractivity contribution in [3.63, 3.8) is 0 Å². The number of nitrogens with zero attached hydrogens (tertiary/aromatic N) is 4. The summed E-state index contributed by atoms with van der Waals surface area (Å²) in [4.78, 5) is 6.78. The van der Waals surface area contributed by atoms with Crippen LogP contribution in [0.15, 0.2) is 11.2 Å². The predicted octanol–water partition coefficient (Wildman–Crippen LogP) is 2.97. The van der Waals surface area contributed by atoms with Crippen LogP contribution in [0.25, 0.3) is 0 Å². The molecule has 0 spiro atoms. The highest BCUT2D eigenvalue weighted by molar-refractivity contribution is 14.0.